The van der Waals surface area contributed by atoms with Gasteiger partial charge in [-0.2, -0.15) is 13.2 Å². The van der Waals surface area contributed by atoms with Crippen molar-refractivity contribution >= 4 is 5.78 Å². The summed E-state index contributed by atoms with van der Waals surface area (Å²) < 4.78 is 37.4. The lowest BCUT2D eigenvalue weighted by atomic mass is 10.0. The highest BCUT2D eigenvalue weighted by atomic mass is 19.4. The van der Waals surface area contributed by atoms with Crippen LogP contribution in [0.15, 0.2) is 36.4 Å². The molecule has 1 aromatic rings. The van der Waals surface area contributed by atoms with Gasteiger partial charge < -0.3 is 0 Å². The number of carbonyl (C=O) groups is 1. The molecule has 4 heteroatoms. The van der Waals surface area contributed by atoms with E-state index in [4.69, 9.17) is 0 Å². The smallest absolute Gasteiger partial charge is 0.295 e. The molecule has 0 heterocycles. The molecule has 0 spiro atoms. The molecule has 0 saturated carbocycles. The van der Waals surface area contributed by atoms with Crippen LogP contribution in [0.2, 0.25) is 0 Å². The first-order valence-electron chi connectivity index (χ1n) is 5.73. The number of allylic oxidation sites excluding steroid dienone is 2. The Morgan fingerprint density at radius 1 is 1.33 bits per heavy atom. The molecule has 0 aliphatic carbocycles. The third kappa shape index (κ3) is 5.17. The van der Waals surface area contributed by atoms with Crippen molar-refractivity contribution in [1.82, 2.24) is 0 Å². The number of benzene rings is 1. The van der Waals surface area contributed by atoms with Gasteiger partial charge in [0, 0.05) is 0 Å². The Hall–Kier alpha value is -1.58. The van der Waals surface area contributed by atoms with Crippen molar-refractivity contribution in [3.8, 4) is 0 Å². The molecule has 0 atom stereocenters. The lowest BCUT2D eigenvalue weighted by molar-refractivity contribution is -0.137. The highest BCUT2D eigenvalue weighted by Gasteiger charge is 2.30. The third-order valence-electron chi connectivity index (χ3n) is 2.44. The van der Waals surface area contributed by atoms with E-state index < -0.39 is 11.7 Å². The van der Waals surface area contributed by atoms with Crippen LogP contribution in [-0.4, -0.2) is 5.78 Å². The Morgan fingerprint density at radius 2 is 2.06 bits per heavy atom. The molecule has 0 bridgehead atoms. The van der Waals surface area contributed by atoms with Gasteiger partial charge in [-0.25, -0.2) is 0 Å². The van der Waals surface area contributed by atoms with Crippen LogP contribution in [-0.2, 0) is 17.4 Å². The van der Waals surface area contributed by atoms with Gasteiger partial charge in [-0.1, -0.05) is 24.3 Å². The zero-order valence-electron chi connectivity index (χ0n) is 10.1. The maximum atomic E-state index is 12.5. The van der Waals surface area contributed by atoms with E-state index in [0.717, 1.165) is 12.5 Å². The van der Waals surface area contributed by atoms with E-state index in [1.165, 1.54) is 25.1 Å². The Labute approximate surface area is 104 Å². The maximum absolute atomic E-state index is 12.5. The second-order valence-corrected chi connectivity index (χ2v) is 4.10. The number of unbranched alkanes of at least 4 members (excludes halogenated alkanes) is 1. The van der Waals surface area contributed by atoms with Gasteiger partial charge in [0.25, 0.3) is 0 Å². The van der Waals surface area contributed by atoms with Crippen LogP contribution in [0.25, 0.3) is 0 Å². The van der Waals surface area contributed by atoms with Gasteiger partial charge in [0.15, 0.2) is 5.78 Å². The zero-order chi connectivity index (χ0) is 13.6. The molecule has 98 valence electrons. The summed E-state index contributed by atoms with van der Waals surface area (Å²) in [6, 6.07) is 5.35. The van der Waals surface area contributed by atoms with Crippen LogP contribution >= 0.6 is 0 Å². The fourth-order valence-electron chi connectivity index (χ4n) is 1.58. The maximum Gasteiger partial charge on any atom is 0.416 e. The molecule has 0 fully saturated rings. The number of alkyl halides is 3. The Balaban J connectivity index is 2.51. The zero-order valence-corrected chi connectivity index (χ0v) is 10.1. The molecule has 0 aromatic heterocycles. The normalized spacial score (nSPS) is 12.0. The van der Waals surface area contributed by atoms with E-state index >= 15 is 0 Å². The summed E-state index contributed by atoms with van der Waals surface area (Å²) in [4.78, 5) is 10.6. The molecule has 0 aliphatic heterocycles. The van der Waals surface area contributed by atoms with Crippen molar-refractivity contribution < 1.29 is 18.0 Å². The summed E-state index contributed by atoms with van der Waals surface area (Å²) in [5.74, 6) is -0.0194. The molecule has 18 heavy (non-hydrogen) atoms. The number of halogens is 3. The molecule has 0 aliphatic rings. The van der Waals surface area contributed by atoms with E-state index in [1.807, 2.05) is 0 Å². The summed E-state index contributed by atoms with van der Waals surface area (Å²) in [7, 11) is 0. The highest BCUT2D eigenvalue weighted by Crippen LogP contribution is 2.29. The van der Waals surface area contributed by atoms with Crippen LogP contribution < -0.4 is 0 Å². The fourth-order valence-corrected chi connectivity index (χ4v) is 1.58. The van der Waals surface area contributed by atoms with Gasteiger partial charge in [-0.15, -0.1) is 0 Å². The minimum Gasteiger partial charge on any atom is -0.295 e. The van der Waals surface area contributed by atoms with E-state index in [9.17, 15) is 18.0 Å². The number of hydrogen-bond acceptors (Lipinski definition) is 1. The highest BCUT2D eigenvalue weighted by molar-refractivity contribution is 5.87. The Kier molecular flexibility index (Phi) is 5.13. The van der Waals surface area contributed by atoms with Gasteiger partial charge in [0.05, 0.1) is 5.56 Å². The lowest BCUT2D eigenvalue weighted by Gasteiger charge is -2.08. The van der Waals surface area contributed by atoms with E-state index in [2.05, 4.69) is 0 Å². The number of hydrogen-bond donors (Lipinski definition) is 0. The Bertz CT molecular complexity index is 433. The average Bonchev–Trinajstić information content (AvgIpc) is 2.27. The van der Waals surface area contributed by atoms with Crippen molar-refractivity contribution in [2.75, 3.05) is 0 Å². The van der Waals surface area contributed by atoms with Gasteiger partial charge in [0.2, 0.25) is 0 Å². The molecule has 0 unspecified atom stereocenters. The minimum absolute atomic E-state index is 0.0194. The molecule has 1 nitrogen and oxygen atoms in total. The number of aryl methyl sites for hydroxylation is 1. The van der Waals surface area contributed by atoms with Crippen molar-refractivity contribution in [3.05, 3.63) is 47.5 Å². The fraction of sp³-hybridized carbons (Fsp3) is 0.357. The third-order valence-corrected chi connectivity index (χ3v) is 2.44. The SMILES string of the molecule is CC(=O)/C=C/CCCc1cccc(C(F)(F)F)c1. The van der Waals surface area contributed by atoms with Gasteiger partial charge in [-0.05, 0) is 43.9 Å². The Morgan fingerprint density at radius 3 is 2.67 bits per heavy atom. The molecule has 0 N–H and O–H groups in total. The molecule has 0 saturated heterocycles. The minimum atomic E-state index is -4.29. The topological polar surface area (TPSA) is 17.1 Å². The molecular formula is C14H15F3O. The molecular weight excluding hydrogens is 241 g/mol. The first-order chi connectivity index (χ1) is 8.39. The molecule has 0 radical (unpaired) electrons. The monoisotopic (exact) mass is 256 g/mol. The van der Waals surface area contributed by atoms with E-state index in [1.54, 1.807) is 12.1 Å². The van der Waals surface area contributed by atoms with Crippen LogP contribution in [0.1, 0.15) is 30.9 Å². The predicted molar refractivity (Wildman–Crippen MR) is 64.2 cm³/mol. The summed E-state index contributed by atoms with van der Waals surface area (Å²) in [6.07, 6.45) is 0.930. The summed E-state index contributed by atoms with van der Waals surface area (Å²) in [5, 5.41) is 0. The van der Waals surface area contributed by atoms with Crippen LogP contribution in [0.5, 0.6) is 0 Å². The summed E-state index contributed by atoms with van der Waals surface area (Å²) in [6.45, 7) is 1.46. The first-order valence-corrected chi connectivity index (χ1v) is 5.73. The molecule has 1 rings (SSSR count). The van der Waals surface area contributed by atoms with Gasteiger partial charge >= 0.3 is 6.18 Å². The van der Waals surface area contributed by atoms with E-state index in [0.29, 0.717) is 18.4 Å². The van der Waals surface area contributed by atoms with Crippen molar-refractivity contribution in [2.45, 2.75) is 32.4 Å². The van der Waals surface area contributed by atoms with Crippen LogP contribution in [0, 0.1) is 0 Å². The summed E-state index contributed by atoms with van der Waals surface area (Å²) in [5.41, 5.74) is 0.0559. The standard InChI is InChI=1S/C14H15F3O/c1-11(18)6-3-2-4-7-12-8-5-9-13(10-12)14(15,16)17/h3,5-6,8-10H,2,4,7H2,1H3/b6-3+. The number of rotatable bonds is 5. The second-order valence-electron chi connectivity index (χ2n) is 4.10. The summed E-state index contributed by atoms with van der Waals surface area (Å²) >= 11 is 0. The van der Waals surface area contributed by atoms with Crippen molar-refractivity contribution in [2.24, 2.45) is 0 Å². The van der Waals surface area contributed by atoms with Gasteiger partial charge in [0.1, 0.15) is 0 Å². The number of carbonyl (C=O) groups excluding carboxylic acids is 1. The van der Waals surface area contributed by atoms with Crippen molar-refractivity contribution in [1.29, 1.82) is 0 Å². The average molecular weight is 256 g/mol. The lowest BCUT2D eigenvalue weighted by Crippen LogP contribution is -2.05. The largest absolute Gasteiger partial charge is 0.416 e. The quantitative estimate of drug-likeness (QED) is 0.570. The molecule has 1 aromatic carbocycles. The first kappa shape index (κ1) is 14.5. The van der Waals surface area contributed by atoms with Crippen molar-refractivity contribution in [3.63, 3.8) is 0 Å². The van der Waals surface area contributed by atoms with Crippen LogP contribution in [0.4, 0.5) is 13.2 Å². The van der Waals surface area contributed by atoms with Gasteiger partial charge in [-0.3, -0.25) is 4.79 Å². The second kappa shape index (κ2) is 6.38. The van der Waals surface area contributed by atoms with Crippen LogP contribution in [0.3, 0.4) is 0 Å². The predicted octanol–water partition coefficient (Wildman–Crippen LogP) is 4.17. The molecule has 0 amide bonds. The number of ketones is 1. The van der Waals surface area contributed by atoms with E-state index in [-0.39, 0.29) is 5.78 Å².